The SMILES string of the molecule is O=C(NCC1=CCNCC1)c1cnc(-c2ccccn2)s1. The number of rotatable bonds is 4. The number of carbonyl (C=O) groups is 1. The van der Waals surface area contributed by atoms with Gasteiger partial charge in [0.2, 0.25) is 0 Å². The monoisotopic (exact) mass is 300 g/mol. The van der Waals surface area contributed by atoms with Gasteiger partial charge in [0.25, 0.3) is 5.91 Å². The normalized spacial score (nSPS) is 14.6. The molecule has 108 valence electrons. The third-order valence-corrected chi connectivity index (χ3v) is 4.27. The molecule has 2 aromatic rings. The van der Waals surface area contributed by atoms with Crippen molar-refractivity contribution in [3.05, 3.63) is 47.1 Å². The molecule has 21 heavy (non-hydrogen) atoms. The smallest absolute Gasteiger partial charge is 0.263 e. The Morgan fingerprint density at radius 2 is 2.33 bits per heavy atom. The minimum atomic E-state index is -0.0749. The Hall–Kier alpha value is -2.05. The Balaban J connectivity index is 1.63. The Morgan fingerprint density at radius 1 is 1.38 bits per heavy atom. The molecule has 0 aromatic carbocycles. The molecule has 1 aliphatic heterocycles. The molecule has 2 aromatic heterocycles. The highest BCUT2D eigenvalue weighted by molar-refractivity contribution is 7.16. The van der Waals surface area contributed by atoms with E-state index in [1.807, 2.05) is 18.2 Å². The molecule has 0 fully saturated rings. The standard InChI is InChI=1S/C15H16N4OS/c20-14(18-9-11-4-7-16-8-5-11)13-10-19-15(21-13)12-3-1-2-6-17-12/h1-4,6,10,16H,5,7-9H2,(H,18,20). The third kappa shape index (κ3) is 3.53. The molecule has 0 unspecified atom stereocenters. The Morgan fingerprint density at radius 3 is 3.10 bits per heavy atom. The highest BCUT2D eigenvalue weighted by atomic mass is 32.1. The molecule has 0 atom stereocenters. The first-order valence-electron chi connectivity index (χ1n) is 6.87. The minimum Gasteiger partial charge on any atom is -0.348 e. The van der Waals surface area contributed by atoms with Crippen LogP contribution in [0.3, 0.4) is 0 Å². The van der Waals surface area contributed by atoms with Crippen LogP contribution in [0.4, 0.5) is 0 Å². The van der Waals surface area contributed by atoms with Crippen LogP contribution in [0.2, 0.25) is 0 Å². The largest absolute Gasteiger partial charge is 0.348 e. The third-order valence-electron chi connectivity index (χ3n) is 3.25. The van der Waals surface area contributed by atoms with Gasteiger partial charge in [-0.05, 0) is 25.1 Å². The fourth-order valence-electron chi connectivity index (χ4n) is 2.10. The number of carbonyl (C=O) groups excluding carboxylic acids is 1. The van der Waals surface area contributed by atoms with E-state index in [0.29, 0.717) is 11.4 Å². The first kappa shape index (κ1) is 13.9. The number of hydrogen-bond acceptors (Lipinski definition) is 5. The van der Waals surface area contributed by atoms with Crippen molar-refractivity contribution in [3.8, 4) is 10.7 Å². The van der Waals surface area contributed by atoms with Gasteiger partial charge in [-0.1, -0.05) is 17.7 Å². The number of amides is 1. The van der Waals surface area contributed by atoms with Crippen LogP contribution in [0.5, 0.6) is 0 Å². The maximum absolute atomic E-state index is 12.1. The zero-order valence-corrected chi connectivity index (χ0v) is 12.3. The summed E-state index contributed by atoms with van der Waals surface area (Å²) >= 11 is 1.36. The van der Waals surface area contributed by atoms with Gasteiger partial charge in [0, 0.05) is 19.3 Å². The summed E-state index contributed by atoms with van der Waals surface area (Å²) in [5.41, 5.74) is 2.07. The molecule has 3 rings (SSSR count). The average molecular weight is 300 g/mol. The second kappa shape index (κ2) is 6.60. The quantitative estimate of drug-likeness (QED) is 0.846. The van der Waals surface area contributed by atoms with Gasteiger partial charge in [-0.2, -0.15) is 0 Å². The summed E-state index contributed by atoms with van der Waals surface area (Å²) in [6, 6.07) is 5.66. The molecule has 1 amide bonds. The van der Waals surface area contributed by atoms with E-state index in [1.54, 1.807) is 12.4 Å². The van der Waals surface area contributed by atoms with Crippen LogP contribution >= 0.6 is 11.3 Å². The molecule has 0 spiro atoms. The zero-order chi connectivity index (χ0) is 14.5. The summed E-state index contributed by atoms with van der Waals surface area (Å²) in [6.07, 6.45) is 6.46. The van der Waals surface area contributed by atoms with E-state index in [2.05, 4.69) is 26.7 Å². The predicted octanol–water partition coefficient (Wildman–Crippen LogP) is 1.85. The summed E-state index contributed by atoms with van der Waals surface area (Å²) in [5.74, 6) is -0.0749. The van der Waals surface area contributed by atoms with Crippen molar-refractivity contribution >= 4 is 17.2 Å². The van der Waals surface area contributed by atoms with Crippen molar-refractivity contribution in [2.24, 2.45) is 0 Å². The fraction of sp³-hybridized carbons (Fsp3) is 0.267. The van der Waals surface area contributed by atoms with Crippen LogP contribution in [0.15, 0.2) is 42.2 Å². The maximum Gasteiger partial charge on any atom is 0.263 e. The number of thiazole rings is 1. The van der Waals surface area contributed by atoms with E-state index in [-0.39, 0.29) is 5.91 Å². The summed E-state index contributed by atoms with van der Waals surface area (Å²) < 4.78 is 0. The van der Waals surface area contributed by atoms with Crippen molar-refractivity contribution < 1.29 is 4.79 Å². The lowest BCUT2D eigenvalue weighted by atomic mass is 10.1. The summed E-state index contributed by atoms with van der Waals surface area (Å²) in [6.45, 7) is 2.47. The van der Waals surface area contributed by atoms with Gasteiger partial charge >= 0.3 is 0 Å². The van der Waals surface area contributed by atoms with Gasteiger partial charge in [-0.3, -0.25) is 9.78 Å². The van der Waals surface area contributed by atoms with E-state index >= 15 is 0 Å². The Kier molecular flexibility index (Phi) is 4.37. The van der Waals surface area contributed by atoms with Crippen molar-refractivity contribution in [3.63, 3.8) is 0 Å². The second-order valence-corrected chi connectivity index (χ2v) is 5.77. The maximum atomic E-state index is 12.1. The minimum absolute atomic E-state index is 0.0749. The number of aromatic nitrogens is 2. The molecule has 0 bridgehead atoms. The highest BCUT2D eigenvalue weighted by Crippen LogP contribution is 2.22. The Bertz CT molecular complexity index is 651. The highest BCUT2D eigenvalue weighted by Gasteiger charge is 2.12. The van der Waals surface area contributed by atoms with E-state index in [1.165, 1.54) is 16.9 Å². The van der Waals surface area contributed by atoms with Crippen molar-refractivity contribution in [1.82, 2.24) is 20.6 Å². The predicted molar refractivity (Wildman–Crippen MR) is 83.2 cm³/mol. The Labute approximate surface area is 127 Å². The molecule has 2 N–H and O–H groups in total. The molecule has 5 nitrogen and oxygen atoms in total. The van der Waals surface area contributed by atoms with E-state index in [4.69, 9.17) is 0 Å². The molecule has 6 heteroatoms. The number of pyridine rings is 1. The van der Waals surface area contributed by atoms with Gasteiger partial charge < -0.3 is 10.6 Å². The van der Waals surface area contributed by atoms with E-state index < -0.39 is 0 Å². The molecule has 0 radical (unpaired) electrons. The average Bonchev–Trinajstić information content (AvgIpc) is 3.04. The van der Waals surface area contributed by atoms with Gasteiger partial charge in [0.15, 0.2) is 0 Å². The zero-order valence-electron chi connectivity index (χ0n) is 11.5. The van der Waals surface area contributed by atoms with Crippen LogP contribution in [0.1, 0.15) is 16.1 Å². The lowest BCUT2D eigenvalue weighted by molar-refractivity contribution is 0.0960. The lowest BCUT2D eigenvalue weighted by Crippen LogP contribution is -2.29. The van der Waals surface area contributed by atoms with E-state index in [0.717, 1.165) is 30.2 Å². The number of hydrogen-bond donors (Lipinski definition) is 2. The van der Waals surface area contributed by atoms with Crippen molar-refractivity contribution in [1.29, 1.82) is 0 Å². The summed E-state index contributed by atoms with van der Waals surface area (Å²) in [4.78, 5) is 21.3. The topological polar surface area (TPSA) is 66.9 Å². The molecule has 0 saturated heterocycles. The first-order chi connectivity index (χ1) is 10.3. The number of nitrogens with zero attached hydrogens (tertiary/aromatic N) is 2. The summed E-state index contributed by atoms with van der Waals surface area (Å²) in [5, 5.41) is 6.97. The van der Waals surface area contributed by atoms with Gasteiger partial charge in [-0.15, -0.1) is 11.3 Å². The molecular weight excluding hydrogens is 284 g/mol. The molecule has 1 aliphatic rings. The molecule has 0 aliphatic carbocycles. The van der Waals surface area contributed by atoms with Gasteiger partial charge in [0.05, 0.1) is 11.9 Å². The molecular formula is C15H16N4OS. The van der Waals surface area contributed by atoms with Gasteiger partial charge in [-0.25, -0.2) is 4.98 Å². The van der Waals surface area contributed by atoms with Crippen LogP contribution in [-0.4, -0.2) is 35.5 Å². The fourth-order valence-corrected chi connectivity index (χ4v) is 2.91. The van der Waals surface area contributed by atoms with Crippen molar-refractivity contribution in [2.75, 3.05) is 19.6 Å². The van der Waals surface area contributed by atoms with E-state index in [9.17, 15) is 4.79 Å². The van der Waals surface area contributed by atoms with Crippen molar-refractivity contribution in [2.45, 2.75) is 6.42 Å². The number of nitrogens with one attached hydrogen (secondary N) is 2. The van der Waals surface area contributed by atoms with Crippen LogP contribution in [0, 0.1) is 0 Å². The van der Waals surface area contributed by atoms with Crippen LogP contribution in [0.25, 0.3) is 10.7 Å². The second-order valence-electron chi connectivity index (χ2n) is 4.74. The first-order valence-corrected chi connectivity index (χ1v) is 7.68. The molecule has 3 heterocycles. The van der Waals surface area contributed by atoms with Gasteiger partial charge in [0.1, 0.15) is 9.88 Å². The van der Waals surface area contributed by atoms with Crippen LogP contribution < -0.4 is 10.6 Å². The molecule has 0 saturated carbocycles. The lowest BCUT2D eigenvalue weighted by Gasteiger charge is -2.14. The van der Waals surface area contributed by atoms with Crippen LogP contribution in [-0.2, 0) is 0 Å². The summed E-state index contributed by atoms with van der Waals surface area (Å²) in [7, 11) is 0.